The summed E-state index contributed by atoms with van der Waals surface area (Å²) in [5, 5.41) is 1.26. The molecule has 2 aromatic rings. The van der Waals surface area contributed by atoms with Crippen LogP contribution < -0.4 is 9.47 Å². The summed E-state index contributed by atoms with van der Waals surface area (Å²) >= 11 is 18.9. The molecule has 0 saturated heterocycles. The predicted octanol–water partition coefficient (Wildman–Crippen LogP) is 7.28. The van der Waals surface area contributed by atoms with E-state index in [1.807, 2.05) is 19.2 Å². The van der Waals surface area contributed by atoms with Crippen LogP contribution in [0.4, 0.5) is 0 Å². The molecule has 0 unspecified atom stereocenters. The van der Waals surface area contributed by atoms with E-state index in [2.05, 4.69) is 4.90 Å². The topological polar surface area (TPSA) is 55.8 Å². The number of nitrogens with zero attached hydrogens (tertiary/aromatic N) is 1. The first-order valence-corrected chi connectivity index (χ1v) is 13.1. The maximum absolute atomic E-state index is 13.2. The van der Waals surface area contributed by atoms with Gasteiger partial charge in [-0.2, -0.15) is 0 Å². The molecule has 0 bridgehead atoms. The molecule has 0 N–H and O–H groups in total. The molecule has 3 aliphatic rings. The third kappa shape index (κ3) is 4.42. The maximum Gasteiger partial charge on any atom is 0.180 e. The van der Waals surface area contributed by atoms with Crippen molar-refractivity contribution in [1.29, 1.82) is 0 Å². The Balaban J connectivity index is 1.57. The number of Topliss-reactive ketones (excluding diaryl/α,β-unsaturated/α-hetero) is 2. The van der Waals surface area contributed by atoms with Gasteiger partial charge in [-0.05, 0) is 61.1 Å². The van der Waals surface area contributed by atoms with Crippen LogP contribution in [0.3, 0.4) is 0 Å². The summed E-state index contributed by atoms with van der Waals surface area (Å²) < 4.78 is 11.7. The average molecular weight is 547 g/mol. The fraction of sp³-hybridized carbons (Fsp3) is 0.357. The van der Waals surface area contributed by atoms with E-state index in [0.29, 0.717) is 50.6 Å². The average Bonchev–Trinajstić information content (AvgIpc) is 2.86. The molecule has 0 fully saturated rings. The van der Waals surface area contributed by atoms with Crippen molar-refractivity contribution < 1.29 is 19.1 Å². The molecule has 0 aromatic heterocycles. The minimum atomic E-state index is -0.456. The van der Waals surface area contributed by atoms with E-state index in [1.165, 1.54) is 0 Å². The zero-order chi connectivity index (χ0) is 25.6. The summed E-state index contributed by atoms with van der Waals surface area (Å²) in [6.45, 7) is 0.210. The van der Waals surface area contributed by atoms with Gasteiger partial charge in [-0.15, -0.1) is 0 Å². The van der Waals surface area contributed by atoms with E-state index in [1.54, 1.807) is 25.3 Å². The quantitative estimate of drug-likeness (QED) is 0.394. The van der Waals surface area contributed by atoms with Crippen molar-refractivity contribution in [2.24, 2.45) is 0 Å². The highest BCUT2D eigenvalue weighted by molar-refractivity contribution is 6.42. The lowest BCUT2D eigenvalue weighted by molar-refractivity contribution is -0.117. The number of ether oxygens (including phenoxy) is 2. The minimum Gasteiger partial charge on any atom is -0.493 e. The Morgan fingerprint density at radius 2 is 1.50 bits per heavy atom. The number of benzene rings is 2. The third-order valence-electron chi connectivity index (χ3n) is 7.20. The Labute approximate surface area is 225 Å². The number of rotatable bonds is 5. The van der Waals surface area contributed by atoms with Crippen LogP contribution in [0.5, 0.6) is 11.5 Å². The molecule has 0 amide bonds. The molecule has 8 heteroatoms. The standard InChI is InChI=1S/C28H26Cl3NO4/c1-32-20-5-3-7-22(33)26(20)25(27-21(32)6-4-8-23(27)34)16-12-19(31)28(24(13-16)35-2)36-14-15-9-10-17(29)18(30)11-15/h9-13,25H,3-8,14H2,1-2H3. The Kier molecular flexibility index (Phi) is 7.08. The van der Waals surface area contributed by atoms with Gasteiger partial charge >= 0.3 is 0 Å². The van der Waals surface area contributed by atoms with E-state index in [9.17, 15) is 9.59 Å². The molecule has 0 atom stereocenters. The molecule has 5 nitrogen and oxygen atoms in total. The largest absolute Gasteiger partial charge is 0.493 e. The monoisotopic (exact) mass is 545 g/mol. The smallest absolute Gasteiger partial charge is 0.180 e. The molecular weight excluding hydrogens is 521 g/mol. The van der Waals surface area contributed by atoms with Crippen LogP contribution in [0.25, 0.3) is 0 Å². The van der Waals surface area contributed by atoms with Gasteiger partial charge in [-0.25, -0.2) is 0 Å². The van der Waals surface area contributed by atoms with E-state index < -0.39 is 5.92 Å². The molecule has 5 rings (SSSR count). The highest BCUT2D eigenvalue weighted by atomic mass is 35.5. The number of halogens is 3. The number of hydrogen-bond acceptors (Lipinski definition) is 5. The van der Waals surface area contributed by atoms with E-state index >= 15 is 0 Å². The first kappa shape index (κ1) is 25.2. The van der Waals surface area contributed by atoms with Gasteiger partial charge in [-0.1, -0.05) is 40.9 Å². The lowest BCUT2D eigenvalue weighted by Gasteiger charge is -2.42. The fourth-order valence-corrected chi connectivity index (χ4v) is 6.11. The number of carbonyl (C=O) groups is 2. The van der Waals surface area contributed by atoms with Gasteiger partial charge in [0.05, 0.1) is 22.2 Å². The lowest BCUT2D eigenvalue weighted by atomic mass is 9.71. The molecule has 1 aliphatic heterocycles. The van der Waals surface area contributed by atoms with E-state index in [-0.39, 0.29) is 18.2 Å². The molecule has 2 aromatic carbocycles. The Hall–Kier alpha value is -2.47. The number of hydrogen-bond donors (Lipinski definition) is 0. The van der Waals surface area contributed by atoms with Crippen molar-refractivity contribution in [3.8, 4) is 11.5 Å². The second kappa shape index (κ2) is 10.1. The second-order valence-corrected chi connectivity index (χ2v) is 10.6. The van der Waals surface area contributed by atoms with Crippen LogP contribution >= 0.6 is 34.8 Å². The normalized spacial score (nSPS) is 18.4. The third-order valence-corrected chi connectivity index (χ3v) is 8.22. The van der Waals surface area contributed by atoms with E-state index in [0.717, 1.165) is 48.2 Å². The van der Waals surface area contributed by atoms with Crippen LogP contribution in [0.15, 0.2) is 52.9 Å². The van der Waals surface area contributed by atoms with Gasteiger partial charge < -0.3 is 14.4 Å². The SMILES string of the molecule is COc1cc(C2C3=C(CCCC3=O)N(C)C3=C2C(=O)CCC3)cc(Cl)c1OCc1ccc(Cl)c(Cl)c1. The molecule has 188 valence electrons. The summed E-state index contributed by atoms with van der Waals surface area (Å²) in [6, 6.07) is 8.91. The highest BCUT2D eigenvalue weighted by Crippen LogP contribution is 2.50. The Morgan fingerprint density at radius 1 is 0.861 bits per heavy atom. The van der Waals surface area contributed by atoms with Crippen molar-refractivity contribution in [3.63, 3.8) is 0 Å². The summed E-state index contributed by atoms with van der Waals surface area (Å²) in [7, 11) is 3.52. The lowest BCUT2D eigenvalue weighted by Crippen LogP contribution is -2.37. The summed E-state index contributed by atoms with van der Waals surface area (Å²) in [4.78, 5) is 28.5. The second-order valence-electron chi connectivity index (χ2n) is 9.34. The number of methoxy groups -OCH3 is 1. The predicted molar refractivity (Wildman–Crippen MR) is 141 cm³/mol. The molecule has 36 heavy (non-hydrogen) atoms. The van der Waals surface area contributed by atoms with Crippen molar-refractivity contribution in [2.75, 3.05) is 14.2 Å². The maximum atomic E-state index is 13.2. The first-order chi connectivity index (χ1) is 17.3. The van der Waals surface area contributed by atoms with Crippen molar-refractivity contribution in [2.45, 2.75) is 51.0 Å². The van der Waals surface area contributed by atoms with Gasteiger partial charge in [0.15, 0.2) is 23.1 Å². The zero-order valence-corrected chi connectivity index (χ0v) is 22.4. The van der Waals surface area contributed by atoms with Gasteiger partial charge in [0, 0.05) is 48.3 Å². The van der Waals surface area contributed by atoms with Gasteiger partial charge in [-0.3, -0.25) is 9.59 Å². The fourth-order valence-electron chi connectivity index (χ4n) is 5.52. The molecule has 2 aliphatic carbocycles. The first-order valence-electron chi connectivity index (χ1n) is 12.0. The summed E-state index contributed by atoms with van der Waals surface area (Å²) in [5.74, 6) is 0.547. The van der Waals surface area contributed by atoms with Crippen LogP contribution in [0.2, 0.25) is 15.1 Å². The van der Waals surface area contributed by atoms with Gasteiger partial charge in [0.2, 0.25) is 0 Å². The van der Waals surface area contributed by atoms with Crippen LogP contribution in [0, 0.1) is 0 Å². The van der Waals surface area contributed by atoms with E-state index in [4.69, 9.17) is 44.3 Å². The zero-order valence-electron chi connectivity index (χ0n) is 20.1. The van der Waals surface area contributed by atoms with Gasteiger partial charge in [0.1, 0.15) is 6.61 Å². The minimum absolute atomic E-state index is 0.0908. The molecule has 1 heterocycles. The Bertz CT molecular complexity index is 1290. The van der Waals surface area contributed by atoms with Crippen LogP contribution in [-0.2, 0) is 16.2 Å². The van der Waals surface area contributed by atoms with Crippen molar-refractivity contribution >= 4 is 46.4 Å². The summed E-state index contributed by atoms with van der Waals surface area (Å²) in [6.07, 6.45) is 4.22. The number of carbonyl (C=O) groups excluding carboxylic acids is 2. The van der Waals surface area contributed by atoms with Crippen LogP contribution in [-0.4, -0.2) is 30.6 Å². The highest BCUT2D eigenvalue weighted by Gasteiger charge is 2.42. The number of allylic oxidation sites excluding steroid dienone is 4. The Morgan fingerprint density at radius 3 is 2.08 bits per heavy atom. The van der Waals surface area contributed by atoms with Crippen molar-refractivity contribution in [1.82, 2.24) is 4.90 Å². The van der Waals surface area contributed by atoms with Crippen molar-refractivity contribution in [3.05, 3.63) is 79.1 Å². The molecule has 0 saturated carbocycles. The summed E-state index contributed by atoms with van der Waals surface area (Å²) in [5.41, 5.74) is 5.03. The molecule has 0 spiro atoms. The van der Waals surface area contributed by atoms with Crippen LogP contribution in [0.1, 0.15) is 55.6 Å². The number of ketones is 2. The molecular formula is C28H26Cl3NO4. The van der Waals surface area contributed by atoms with Gasteiger partial charge in [0.25, 0.3) is 0 Å². The molecule has 0 radical (unpaired) electrons.